The molecule has 0 fully saturated rings. The highest BCUT2D eigenvalue weighted by Crippen LogP contribution is 2.09. The average Bonchev–Trinajstić information content (AvgIpc) is 2.47. The molecule has 108 valence electrons. The van der Waals surface area contributed by atoms with E-state index in [1.807, 2.05) is 0 Å². The lowest BCUT2D eigenvalue weighted by Gasteiger charge is -2.06. The number of hydrogen-bond donors (Lipinski definition) is 3. The van der Waals surface area contributed by atoms with Gasteiger partial charge in [-0.1, -0.05) is 12.1 Å². The van der Waals surface area contributed by atoms with Gasteiger partial charge in [-0.3, -0.25) is 9.78 Å². The molecular weight excluding hydrogens is 272 g/mol. The number of carboxylic acids is 1. The van der Waals surface area contributed by atoms with E-state index in [0.717, 1.165) is 5.56 Å². The molecule has 21 heavy (non-hydrogen) atoms. The maximum absolute atomic E-state index is 11.8. The second-order valence-corrected chi connectivity index (χ2v) is 4.44. The zero-order valence-corrected chi connectivity index (χ0v) is 11.1. The third-order valence-corrected chi connectivity index (χ3v) is 2.86. The van der Waals surface area contributed by atoms with Crippen molar-refractivity contribution in [1.29, 1.82) is 0 Å². The van der Waals surface area contributed by atoms with E-state index in [9.17, 15) is 14.7 Å². The normalized spacial score (nSPS) is 10.1. The molecule has 2 rings (SSSR count). The largest absolute Gasteiger partial charge is 0.506 e. The van der Waals surface area contributed by atoms with Crippen LogP contribution in [0.25, 0.3) is 0 Å². The van der Waals surface area contributed by atoms with Gasteiger partial charge in [-0.25, -0.2) is 4.79 Å². The van der Waals surface area contributed by atoms with Crippen LogP contribution in [0, 0.1) is 0 Å². The Morgan fingerprint density at radius 1 is 1.14 bits per heavy atom. The van der Waals surface area contributed by atoms with Crippen LogP contribution < -0.4 is 5.32 Å². The summed E-state index contributed by atoms with van der Waals surface area (Å²) >= 11 is 0. The van der Waals surface area contributed by atoms with Gasteiger partial charge in [-0.05, 0) is 30.2 Å². The van der Waals surface area contributed by atoms with Crippen LogP contribution >= 0.6 is 0 Å². The molecule has 0 bridgehead atoms. The molecule has 1 heterocycles. The van der Waals surface area contributed by atoms with Gasteiger partial charge >= 0.3 is 5.97 Å². The van der Waals surface area contributed by atoms with E-state index in [4.69, 9.17) is 5.11 Å². The van der Waals surface area contributed by atoms with Gasteiger partial charge in [0.05, 0.1) is 17.3 Å². The molecule has 0 radical (unpaired) electrons. The molecule has 1 aromatic heterocycles. The van der Waals surface area contributed by atoms with Crippen LogP contribution in [0.1, 0.15) is 26.3 Å². The monoisotopic (exact) mass is 286 g/mol. The first-order valence-corrected chi connectivity index (χ1v) is 6.31. The molecule has 0 saturated heterocycles. The smallest absolute Gasteiger partial charge is 0.335 e. The van der Waals surface area contributed by atoms with Crippen molar-refractivity contribution >= 4 is 11.9 Å². The lowest BCUT2D eigenvalue weighted by atomic mass is 10.1. The number of nitrogens with one attached hydrogen (secondary N) is 1. The fourth-order valence-corrected chi connectivity index (χ4v) is 1.83. The number of pyridine rings is 1. The number of aromatic nitrogens is 1. The Balaban J connectivity index is 1.91. The van der Waals surface area contributed by atoms with Crippen LogP contribution in [-0.4, -0.2) is 33.6 Å². The van der Waals surface area contributed by atoms with E-state index in [2.05, 4.69) is 10.3 Å². The number of aromatic hydroxyl groups is 1. The van der Waals surface area contributed by atoms with Gasteiger partial charge in [0.25, 0.3) is 5.91 Å². The van der Waals surface area contributed by atoms with Crippen LogP contribution in [0.2, 0.25) is 0 Å². The Bertz CT molecular complexity index is 670. The Morgan fingerprint density at radius 2 is 1.95 bits per heavy atom. The maximum Gasteiger partial charge on any atom is 0.335 e. The minimum Gasteiger partial charge on any atom is -0.506 e. The number of nitrogens with zero attached hydrogens (tertiary/aromatic N) is 1. The molecular formula is C15H14N2O4. The van der Waals surface area contributed by atoms with Gasteiger partial charge in [0.15, 0.2) is 0 Å². The van der Waals surface area contributed by atoms with Crippen molar-refractivity contribution < 1.29 is 19.8 Å². The summed E-state index contributed by atoms with van der Waals surface area (Å²) in [6.45, 7) is 0.359. The summed E-state index contributed by atoms with van der Waals surface area (Å²) in [4.78, 5) is 26.4. The van der Waals surface area contributed by atoms with E-state index >= 15 is 0 Å². The maximum atomic E-state index is 11.8. The SMILES string of the molecule is O=C(O)c1cccc(CCNC(=O)c2cncc(O)c2)c1. The van der Waals surface area contributed by atoms with Crippen LogP contribution in [0.4, 0.5) is 0 Å². The predicted molar refractivity (Wildman–Crippen MR) is 75.3 cm³/mol. The molecule has 0 spiro atoms. The number of hydrogen-bond acceptors (Lipinski definition) is 4. The molecule has 6 heteroatoms. The van der Waals surface area contributed by atoms with Crippen LogP contribution in [0.5, 0.6) is 5.75 Å². The molecule has 0 aliphatic rings. The fraction of sp³-hybridized carbons (Fsp3) is 0.133. The first kappa shape index (κ1) is 14.5. The summed E-state index contributed by atoms with van der Waals surface area (Å²) in [6, 6.07) is 7.88. The van der Waals surface area contributed by atoms with Crippen LogP contribution in [-0.2, 0) is 6.42 Å². The highest BCUT2D eigenvalue weighted by atomic mass is 16.4. The van der Waals surface area contributed by atoms with Gasteiger partial charge in [0.1, 0.15) is 5.75 Å². The van der Waals surface area contributed by atoms with Gasteiger partial charge in [0.2, 0.25) is 0 Å². The van der Waals surface area contributed by atoms with Crippen molar-refractivity contribution in [3.05, 3.63) is 59.4 Å². The van der Waals surface area contributed by atoms with E-state index in [-0.39, 0.29) is 22.8 Å². The lowest BCUT2D eigenvalue weighted by molar-refractivity contribution is 0.0696. The molecule has 1 amide bonds. The van der Waals surface area contributed by atoms with E-state index in [1.54, 1.807) is 18.2 Å². The number of aromatic carboxylic acids is 1. The van der Waals surface area contributed by atoms with Gasteiger partial charge in [0, 0.05) is 12.7 Å². The lowest BCUT2D eigenvalue weighted by Crippen LogP contribution is -2.25. The standard InChI is InChI=1S/C15H14N2O4/c18-13-7-12(8-16-9-13)14(19)17-5-4-10-2-1-3-11(6-10)15(20)21/h1-3,6-9,18H,4-5H2,(H,17,19)(H,20,21). The van der Waals surface area contributed by atoms with Gasteiger partial charge in [-0.2, -0.15) is 0 Å². The predicted octanol–water partition coefficient (Wildman–Crippen LogP) is 1.46. The van der Waals surface area contributed by atoms with Crippen molar-refractivity contribution in [1.82, 2.24) is 10.3 Å². The molecule has 2 aromatic rings. The molecule has 1 aromatic carbocycles. The quantitative estimate of drug-likeness (QED) is 0.772. The van der Waals surface area contributed by atoms with E-state index < -0.39 is 5.97 Å². The van der Waals surface area contributed by atoms with Crippen LogP contribution in [0.3, 0.4) is 0 Å². The zero-order valence-electron chi connectivity index (χ0n) is 11.1. The summed E-state index contributed by atoms with van der Waals surface area (Å²) < 4.78 is 0. The summed E-state index contributed by atoms with van der Waals surface area (Å²) in [7, 11) is 0. The Morgan fingerprint density at radius 3 is 2.67 bits per heavy atom. The van der Waals surface area contributed by atoms with Gasteiger partial charge < -0.3 is 15.5 Å². The minimum atomic E-state index is -0.980. The second-order valence-electron chi connectivity index (χ2n) is 4.44. The Kier molecular flexibility index (Phi) is 4.50. The highest BCUT2D eigenvalue weighted by Gasteiger charge is 2.07. The first-order chi connectivity index (χ1) is 10.1. The molecule has 0 saturated carbocycles. The third-order valence-electron chi connectivity index (χ3n) is 2.86. The average molecular weight is 286 g/mol. The number of carbonyl (C=O) groups excluding carboxylic acids is 1. The molecule has 0 atom stereocenters. The minimum absolute atomic E-state index is 0.0724. The van der Waals surface area contributed by atoms with Crippen molar-refractivity contribution in [2.75, 3.05) is 6.54 Å². The second kappa shape index (κ2) is 6.51. The number of rotatable bonds is 5. The molecule has 0 unspecified atom stereocenters. The topological polar surface area (TPSA) is 99.5 Å². The summed E-state index contributed by atoms with van der Waals surface area (Å²) in [5.74, 6) is -1.39. The molecule has 0 aliphatic heterocycles. The summed E-state index contributed by atoms with van der Waals surface area (Å²) in [5, 5.41) is 20.8. The Labute approximate surface area is 121 Å². The molecule has 0 aliphatic carbocycles. The number of benzene rings is 1. The third kappa shape index (κ3) is 4.04. The zero-order chi connectivity index (χ0) is 15.2. The van der Waals surface area contributed by atoms with E-state index in [0.29, 0.717) is 13.0 Å². The van der Waals surface area contributed by atoms with Gasteiger partial charge in [-0.15, -0.1) is 0 Å². The van der Waals surface area contributed by atoms with Crippen LogP contribution in [0.15, 0.2) is 42.7 Å². The van der Waals surface area contributed by atoms with Crippen molar-refractivity contribution in [2.45, 2.75) is 6.42 Å². The van der Waals surface area contributed by atoms with E-state index in [1.165, 1.54) is 24.5 Å². The number of carbonyl (C=O) groups is 2. The number of carboxylic acid groups (broad SMARTS) is 1. The summed E-state index contributed by atoms with van der Waals surface area (Å²) in [6.07, 6.45) is 3.12. The van der Waals surface area contributed by atoms with Crippen molar-refractivity contribution in [3.63, 3.8) is 0 Å². The first-order valence-electron chi connectivity index (χ1n) is 6.31. The highest BCUT2D eigenvalue weighted by molar-refractivity contribution is 5.94. The van der Waals surface area contributed by atoms with Crippen molar-refractivity contribution in [2.24, 2.45) is 0 Å². The number of amides is 1. The van der Waals surface area contributed by atoms with Crippen molar-refractivity contribution in [3.8, 4) is 5.75 Å². The fourth-order valence-electron chi connectivity index (χ4n) is 1.83. The summed E-state index contributed by atoms with van der Waals surface area (Å²) in [5.41, 5.74) is 1.31. The Hall–Kier alpha value is -2.89. The molecule has 6 nitrogen and oxygen atoms in total. The molecule has 3 N–H and O–H groups in total.